The summed E-state index contributed by atoms with van der Waals surface area (Å²) in [6.07, 6.45) is 1.99. The summed E-state index contributed by atoms with van der Waals surface area (Å²) in [5.74, 6) is -0.0959. The predicted octanol–water partition coefficient (Wildman–Crippen LogP) is 0.840. The Morgan fingerprint density at radius 2 is 1.96 bits per heavy atom. The number of likely N-dealkylation sites (tertiary alicyclic amines) is 1. The van der Waals surface area contributed by atoms with E-state index in [4.69, 9.17) is 4.74 Å². The Morgan fingerprint density at radius 1 is 1.23 bits per heavy atom. The van der Waals surface area contributed by atoms with Crippen molar-refractivity contribution in [3.05, 3.63) is 29.3 Å². The van der Waals surface area contributed by atoms with Gasteiger partial charge in [0.15, 0.2) is 0 Å². The summed E-state index contributed by atoms with van der Waals surface area (Å²) < 4.78 is 32.4. The van der Waals surface area contributed by atoms with Crippen LogP contribution < -0.4 is 5.32 Å². The number of nitrogens with zero attached hydrogens (tertiary/aromatic N) is 2. The zero-order valence-electron chi connectivity index (χ0n) is 15.4. The van der Waals surface area contributed by atoms with Gasteiger partial charge < -0.3 is 15.0 Å². The van der Waals surface area contributed by atoms with Crippen LogP contribution in [0.2, 0.25) is 0 Å². The van der Waals surface area contributed by atoms with Crippen LogP contribution in [0.25, 0.3) is 0 Å². The molecular formula is C18H27N3O4S. The Balaban J connectivity index is 1.86. The molecule has 1 aromatic carbocycles. The molecule has 1 amide bonds. The number of rotatable bonds is 4. The van der Waals surface area contributed by atoms with Gasteiger partial charge in [-0.1, -0.05) is 6.07 Å². The van der Waals surface area contributed by atoms with E-state index >= 15 is 0 Å². The first-order valence-corrected chi connectivity index (χ1v) is 10.5. The molecule has 0 aliphatic carbocycles. The first-order chi connectivity index (χ1) is 12.4. The number of morpholine rings is 1. The zero-order valence-corrected chi connectivity index (χ0v) is 16.2. The van der Waals surface area contributed by atoms with Crippen molar-refractivity contribution >= 4 is 15.9 Å². The third-order valence-electron chi connectivity index (χ3n) is 5.16. The number of aryl methyl sites for hydroxylation is 1. The van der Waals surface area contributed by atoms with Gasteiger partial charge in [0.1, 0.15) is 0 Å². The third-order valence-corrected chi connectivity index (χ3v) is 7.06. The van der Waals surface area contributed by atoms with Crippen LogP contribution in [0.15, 0.2) is 23.1 Å². The van der Waals surface area contributed by atoms with Gasteiger partial charge in [-0.3, -0.25) is 4.79 Å². The predicted molar refractivity (Wildman–Crippen MR) is 98.7 cm³/mol. The number of nitrogens with one attached hydrogen (secondary N) is 1. The number of piperidine rings is 1. The number of hydrogen-bond donors (Lipinski definition) is 1. The maximum absolute atomic E-state index is 13.0. The molecule has 1 atom stereocenters. The van der Waals surface area contributed by atoms with Crippen molar-refractivity contribution in [2.24, 2.45) is 0 Å². The van der Waals surface area contributed by atoms with Crippen LogP contribution in [-0.2, 0) is 14.8 Å². The fraction of sp³-hybridized carbons (Fsp3) is 0.611. The molecule has 0 radical (unpaired) electrons. The van der Waals surface area contributed by atoms with Crippen molar-refractivity contribution in [1.29, 1.82) is 0 Å². The SMILES string of the molecule is CNC1CCCN(C(=O)c2cc(S(=O)(=O)N3CCOCC3)ccc2C)C1. The lowest BCUT2D eigenvalue weighted by Crippen LogP contribution is -2.47. The van der Waals surface area contributed by atoms with Crippen molar-refractivity contribution in [3.63, 3.8) is 0 Å². The standard InChI is InChI=1S/C18H27N3O4S/c1-14-5-6-16(26(23,24)21-8-10-25-11-9-21)12-17(14)18(22)20-7-3-4-15(13-20)19-2/h5-6,12,15,19H,3-4,7-11,13H2,1-2H3. The summed E-state index contributed by atoms with van der Waals surface area (Å²) >= 11 is 0. The Labute approximate surface area is 155 Å². The zero-order chi connectivity index (χ0) is 18.7. The topological polar surface area (TPSA) is 79.0 Å². The van der Waals surface area contributed by atoms with E-state index in [0.29, 0.717) is 45.0 Å². The summed E-state index contributed by atoms with van der Waals surface area (Å²) in [5.41, 5.74) is 1.26. The van der Waals surface area contributed by atoms with E-state index in [9.17, 15) is 13.2 Å². The minimum absolute atomic E-state index is 0.0959. The van der Waals surface area contributed by atoms with Gasteiger partial charge in [0.25, 0.3) is 5.91 Å². The number of amides is 1. The second kappa shape index (κ2) is 8.04. The van der Waals surface area contributed by atoms with Gasteiger partial charge in [-0.15, -0.1) is 0 Å². The van der Waals surface area contributed by atoms with Crippen LogP contribution in [0.3, 0.4) is 0 Å². The first kappa shape index (κ1) is 19.3. The molecule has 8 heteroatoms. The molecule has 2 fully saturated rings. The summed E-state index contributed by atoms with van der Waals surface area (Å²) in [7, 11) is -1.71. The fourth-order valence-electron chi connectivity index (χ4n) is 3.50. The fourth-order valence-corrected chi connectivity index (χ4v) is 4.93. The Hall–Kier alpha value is -1.48. The maximum Gasteiger partial charge on any atom is 0.254 e. The molecule has 1 N–H and O–H groups in total. The number of ether oxygens (including phenoxy) is 1. The average molecular weight is 381 g/mol. The van der Waals surface area contributed by atoms with Gasteiger partial charge in [0.05, 0.1) is 18.1 Å². The largest absolute Gasteiger partial charge is 0.379 e. The van der Waals surface area contributed by atoms with E-state index in [0.717, 1.165) is 18.4 Å². The van der Waals surface area contributed by atoms with Crippen LogP contribution in [-0.4, -0.2) is 76.0 Å². The highest BCUT2D eigenvalue weighted by Crippen LogP contribution is 2.23. The molecule has 1 unspecified atom stereocenters. The van der Waals surface area contributed by atoms with Gasteiger partial charge in [-0.05, 0) is 44.5 Å². The average Bonchev–Trinajstić information content (AvgIpc) is 2.68. The first-order valence-electron chi connectivity index (χ1n) is 9.08. The Bertz CT molecular complexity index is 760. The molecule has 7 nitrogen and oxygen atoms in total. The van der Waals surface area contributed by atoms with E-state index in [-0.39, 0.29) is 16.8 Å². The summed E-state index contributed by atoms with van der Waals surface area (Å²) in [6.45, 7) is 4.68. The van der Waals surface area contributed by atoms with Crippen LogP contribution in [0, 0.1) is 6.92 Å². The van der Waals surface area contributed by atoms with Crippen LogP contribution in [0.1, 0.15) is 28.8 Å². The van der Waals surface area contributed by atoms with Gasteiger partial charge >= 0.3 is 0 Å². The smallest absolute Gasteiger partial charge is 0.254 e. The molecule has 144 valence electrons. The Morgan fingerprint density at radius 3 is 2.65 bits per heavy atom. The second-order valence-corrected chi connectivity index (χ2v) is 8.81. The van der Waals surface area contributed by atoms with Crippen LogP contribution in [0.5, 0.6) is 0 Å². The highest BCUT2D eigenvalue weighted by Gasteiger charge is 2.29. The molecule has 0 bridgehead atoms. The van der Waals surface area contributed by atoms with E-state index in [1.165, 1.54) is 10.4 Å². The van der Waals surface area contributed by atoms with E-state index in [1.807, 2.05) is 18.9 Å². The number of sulfonamides is 1. The summed E-state index contributed by atoms with van der Waals surface area (Å²) in [4.78, 5) is 15.0. The van der Waals surface area contributed by atoms with Gasteiger partial charge in [-0.2, -0.15) is 4.31 Å². The summed E-state index contributed by atoms with van der Waals surface area (Å²) in [5, 5.41) is 3.23. The molecule has 0 saturated carbocycles. The highest BCUT2D eigenvalue weighted by molar-refractivity contribution is 7.89. The molecular weight excluding hydrogens is 354 g/mol. The van der Waals surface area contributed by atoms with Crippen molar-refractivity contribution in [2.45, 2.75) is 30.7 Å². The molecule has 3 rings (SSSR count). The molecule has 2 aliphatic heterocycles. The van der Waals surface area contributed by atoms with Gasteiger partial charge in [0, 0.05) is 37.8 Å². The number of benzene rings is 1. The third kappa shape index (κ3) is 3.93. The van der Waals surface area contributed by atoms with Crippen molar-refractivity contribution in [1.82, 2.24) is 14.5 Å². The quantitative estimate of drug-likeness (QED) is 0.836. The van der Waals surface area contributed by atoms with E-state index in [2.05, 4.69) is 5.32 Å². The molecule has 0 aromatic heterocycles. The maximum atomic E-state index is 13.0. The summed E-state index contributed by atoms with van der Waals surface area (Å²) in [6, 6.07) is 5.13. The number of likely N-dealkylation sites (N-methyl/N-ethyl adjacent to an activating group) is 1. The van der Waals surface area contributed by atoms with Crippen molar-refractivity contribution in [2.75, 3.05) is 46.4 Å². The molecule has 2 aliphatic rings. The lowest BCUT2D eigenvalue weighted by molar-refractivity contribution is 0.0696. The monoisotopic (exact) mass is 381 g/mol. The Kier molecular flexibility index (Phi) is 5.96. The van der Waals surface area contributed by atoms with Crippen LogP contribution >= 0.6 is 0 Å². The highest BCUT2D eigenvalue weighted by atomic mass is 32.2. The lowest BCUT2D eigenvalue weighted by Gasteiger charge is -2.33. The molecule has 2 saturated heterocycles. The molecule has 2 heterocycles. The van der Waals surface area contributed by atoms with Crippen molar-refractivity contribution < 1.29 is 17.9 Å². The minimum Gasteiger partial charge on any atom is -0.379 e. The normalized spacial score (nSPS) is 22.4. The van der Waals surface area contributed by atoms with Gasteiger partial charge in [0.2, 0.25) is 10.0 Å². The number of carbonyl (C=O) groups excluding carboxylic acids is 1. The van der Waals surface area contributed by atoms with E-state index in [1.54, 1.807) is 12.1 Å². The van der Waals surface area contributed by atoms with Crippen LogP contribution in [0.4, 0.5) is 0 Å². The lowest BCUT2D eigenvalue weighted by atomic mass is 10.0. The minimum atomic E-state index is -3.61. The van der Waals surface area contributed by atoms with E-state index < -0.39 is 10.0 Å². The van der Waals surface area contributed by atoms with Gasteiger partial charge in [-0.25, -0.2) is 8.42 Å². The number of carbonyl (C=O) groups is 1. The molecule has 1 aromatic rings. The molecule has 0 spiro atoms. The van der Waals surface area contributed by atoms with Crippen molar-refractivity contribution in [3.8, 4) is 0 Å². The number of hydrogen-bond acceptors (Lipinski definition) is 5. The molecule has 26 heavy (non-hydrogen) atoms. The second-order valence-electron chi connectivity index (χ2n) is 6.87.